The molecule has 0 aliphatic rings. The van der Waals surface area contributed by atoms with Gasteiger partial charge in [0.25, 0.3) is 0 Å². The van der Waals surface area contributed by atoms with Crippen LogP contribution in [0.3, 0.4) is 0 Å². The van der Waals surface area contributed by atoms with Crippen LogP contribution in [-0.4, -0.2) is 30.2 Å². The molecule has 0 heterocycles. The molecular formula is C15H24N2O2. The molecule has 1 aromatic rings. The first-order valence-corrected chi connectivity index (χ1v) is 6.63. The second-order valence-electron chi connectivity index (χ2n) is 5.44. The minimum atomic E-state index is -1.11. The van der Waals surface area contributed by atoms with Gasteiger partial charge in [-0.2, -0.15) is 0 Å². The topological polar surface area (TPSA) is 66.6 Å². The van der Waals surface area contributed by atoms with Gasteiger partial charge in [0.15, 0.2) is 0 Å². The van der Waals surface area contributed by atoms with Crippen molar-refractivity contribution in [2.45, 2.75) is 38.6 Å². The normalized spacial score (nSPS) is 13.9. The molecule has 1 unspecified atom stereocenters. The fourth-order valence-corrected chi connectivity index (χ4v) is 1.88. The molecule has 0 saturated carbocycles. The van der Waals surface area contributed by atoms with Gasteiger partial charge < -0.3 is 15.7 Å². The van der Waals surface area contributed by atoms with E-state index < -0.39 is 11.5 Å². The van der Waals surface area contributed by atoms with Gasteiger partial charge in [0.2, 0.25) is 0 Å². The van der Waals surface area contributed by atoms with Crippen LogP contribution in [0.15, 0.2) is 24.3 Å². The molecule has 1 aromatic carbocycles. The summed E-state index contributed by atoms with van der Waals surface area (Å²) in [5.41, 5.74) is 7.01. The van der Waals surface area contributed by atoms with E-state index in [1.165, 1.54) is 11.3 Å². The minimum absolute atomic E-state index is 0.504. The van der Waals surface area contributed by atoms with Crippen LogP contribution in [0, 0.1) is 6.92 Å². The fraction of sp³-hybridized carbons (Fsp3) is 0.533. The van der Waals surface area contributed by atoms with Crippen molar-refractivity contribution in [1.82, 2.24) is 0 Å². The first kappa shape index (κ1) is 15.5. The molecule has 1 rings (SSSR count). The molecule has 0 spiro atoms. The number of benzene rings is 1. The summed E-state index contributed by atoms with van der Waals surface area (Å²) in [4.78, 5) is 13.0. The van der Waals surface area contributed by atoms with E-state index in [-0.39, 0.29) is 0 Å². The summed E-state index contributed by atoms with van der Waals surface area (Å²) in [6.45, 7) is 4.54. The number of carboxylic acids is 1. The van der Waals surface area contributed by atoms with E-state index in [0.29, 0.717) is 6.42 Å². The van der Waals surface area contributed by atoms with E-state index in [0.717, 1.165) is 19.4 Å². The molecule has 3 N–H and O–H groups in total. The van der Waals surface area contributed by atoms with Crippen LogP contribution < -0.4 is 10.6 Å². The first-order chi connectivity index (χ1) is 8.83. The van der Waals surface area contributed by atoms with Crippen LogP contribution in [0.2, 0.25) is 0 Å². The van der Waals surface area contributed by atoms with Gasteiger partial charge >= 0.3 is 5.97 Å². The van der Waals surface area contributed by atoms with Crippen molar-refractivity contribution in [2.75, 3.05) is 18.5 Å². The lowest BCUT2D eigenvalue weighted by Gasteiger charge is -2.22. The summed E-state index contributed by atoms with van der Waals surface area (Å²) in [7, 11) is 2.05. The zero-order chi connectivity index (χ0) is 14.5. The maximum absolute atomic E-state index is 10.9. The van der Waals surface area contributed by atoms with Crippen molar-refractivity contribution in [1.29, 1.82) is 0 Å². The van der Waals surface area contributed by atoms with Crippen LogP contribution >= 0.6 is 0 Å². The molecule has 19 heavy (non-hydrogen) atoms. The third kappa shape index (κ3) is 4.91. The zero-order valence-electron chi connectivity index (χ0n) is 12.0. The largest absolute Gasteiger partial charge is 0.480 e. The summed E-state index contributed by atoms with van der Waals surface area (Å²) in [6, 6.07) is 8.37. The number of hydrogen-bond donors (Lipinski definition) is 2. The molecular weight excluding hydrogens is 240 g/mol. The molecule has 0 fully saturated rings. The average Bonchev–Trinajstić information content (AvgIpc) is 2.35. The highest BCUT2D eigenvalue weighted by Crippen LogP contribution is 2.15. The van der Waals surface area contributed by atoms with Crippen LogP contribution in [0.1, 0.15) is 31.7 Å². The van der Waals surface area contributed by atoms with E-state index >= 15 is 0 Å². The minimum Gasteiger partial charge on any atom is -0.480 e. The van der Waals surface area contributed by atoms with Crippen molar-refractivity contribution < 1.29 is 9.90 Å². The standard InChI is InChI=1S/C15H24N2O2/c1-12-6-8-13(9-7-12)17(3)11-5-4-10-15(2,16)14(18)19/h6-9H,4-5,10-11,16H2,1-3H3,(H,18,19). The Bertz CT molecular complexity index is 413. The zero-order valence-corrected chi connectivity index (χ0v) is 12.0. The number of nitrogens with two attached hydrogens (primary N) is 1. The summed E-state index contributed by atoms with van der Waals surface area (Å²) < 4.78 is 0. The smallest absolute Gasteiger partial charge is 0.323 e. The summed E-state index contributed by atoms with van der Waals surface area (Å²) in [5.74, 6) is -0.931. The van der Waals surface area contributed by atoms with Crippen LogP contribution in [0.5, 0.6) is 0 Å². The van der Waals surface area contributed by atoms with Gasteiger partial charge in [-0.25, -0.2) is 0 Å². The van der Waals surface area contributed by atoms with Crippen molar-refractivity contribution in [2.24, 2.45) is 5.73 Å². The molecule has 0 bridgehead atoms. The quantitative estimate of drug-likeness (QED) is 0.742. The van der Waals surface area contributed by atoms with E-state index in [1.807, 2.05) is 7.05 Å². The third-order valence-corrected chi connectivity index (χ3v) is 3.40. The lowest BCUT2D eigenvalue weighted by atomic mass is 9.96. The summed E-state index contributed by atoms with van der Waals surface area (Å²) in [6.07, 6.45) is 2.25. The monoisotopic (exact) mass is 264 g/mol. The van der Waals surface area contributed by atoms with Gasteiger partial charge in [-0.05, 0) is 45.2 Å². The number of carboxylic acid groups (broad SMARTS) is 1. The molecule has 0 aromatic heterocycles. The second kappa shape index (κ2) is 6.57. The SMILES string of the molecule is Cc1ccc(N(C)CCCCC(C)(N)C(=O)O)cc1. The Morgan fingerprint density at radius 3 is 2.42 bits per heavy atom. The predicted octanol–water partition coefficient (Wildman–Crippen LogP) is 2.40. The van der Waals surface area contributed by atoms with Crippen molar-refractivity contribution in [3.8, 4) is 0 Å². The van der Waals surface area contributed by atoms with E-state index in [9.17, 15) is 4.79 Å². The Labute approximate surface area is 115 Å². The number of carbonyl (C=O) groups is 1. The Kier molecular flexibility index (Phi) is 5.36. The molecule has 0 saturated heterocycles. The van der Waals surface area contributed by atoms with E-state index in [1.54, 1.807) is 6.92 Å². The molecule has 0 aliphatic carbocycles. The van der Waals surface area contributed by atoms with Gasteiger partial charge in [-0.3, -0.25) is 4.79 Å². The lowest BCUT2D eigenvalue weighted by molar-refractivity contribution is -0.142. The maximum Gasteiger partial charge on any atom is 0.323 e. The van der Waals surface area contributed by atoms with Crippen molar-refractivity contribution in [3.05, 3.63) is 29.8 Å². The first-order valence-electron chi connectivity index (χ1n) is 6.63. The van der Waals surface area contributed by atoms with E-state index in [2.05, 4.69) is 36.1 Å². The highest BCUT2D eigenvalue weighted by molar-refractivity contribution is 5.77. The molecule has 0 radical (unpaired) electrons. The number of unbranched alkanes of at least 4 members (excludes halogenated alkanes) is 1. The molecule has 0 amide bonds. The highest BCUT2D eigenvalue weighted by Gasteiger charge is 2.26. The second-order valence-corrected chi connectivity index (χ2v) is 5.44. The summed E-state index contributed by atoms with van der Waals surface area (Å²) >= 11 is 0. The van der Waals surface area contributed by atoms with E-state index in [4.69, 9.17) is 10.8 Å². The molecule has 106 valence electrons. The molecule has 4 nitrogen and oxygen atoms in total. The number of hydrogen-bond acceptors (Lipinski definition) is 3. The lowest BCUT2D eigenvalue weighted by Crippen LogP contribution is -2.44. The number of aryl methyl sites for hydroxylation is 1. The molecule has 1 atom stereocenters. The fourth-order valence-electron chi connectivity index (χ4n) is 1.88. The van der Waals surface area contributed by atoms with Crippen LogP contribution in [0.25, 0.3) is 0 Å². The predicted molar refractivity (Wildman–Crippen MR) is 78.5 cm³/mol. The van der Waals surface area contributed by atoms with Gasteiger partial charge in [0.05, 0.1) is 0 Å². The third-order valence-electron chi connectivity index (χ3n) is 3.40. The van der Waals surface area contributed by atoms with Gasteiger partial charge in [-0.15, -0.1) is 0 Å². The Morgan fingerprint density at radius 2 is 1.89 bits per heavy atom. The van der Waals surface area contributed by atoms with Crippen molar-refractivity contribution >= 4 is 11.7 Å². The summed E-state index contributed by atoms with van der Waals surface area (Å²) in [5, 5.41) is 8.92. The molecule has 4 heteroatoms. The van der Waals surface area contributed by atoms with Crippen molar-refractivity contribution in [3.63, 3.8) is 0 Å². The number of aliphatic carboxylic acids is 1. The van der Waals surface area contributed by atoms with Crippen LogP contribution in [0.4, 0.5) is 5.69 Å². The Balaban J connectivity index is 2.33. The Hall–Kier alpha value is -1.55. The maximum atomic E-state index is 10.9. The van der Waals surface area contributed by atoms with Gasteiger partial charge in [0, 0.05) is 19.3 Å². The van der Waals surface area contributed by atoms with Crippen LogP contribution in [-0.2, 0) is 4.79 Å². The van der Waals surface area contributed by atoms with Gasteiger partial charge in [-0.1, -0.05) is 17.7 Å². The Morgan fingerprint density at radius 1 is 1.32 bits per heavy atom. The number of anilines is 1. The number of nitrogens with zero attached hydrogens (tertiary/aromatic N) is 1. The average molecular weight is 264 g/mol. The molecule has 0 aliphatic heterocycles. The highest BCUT2D eigenvalue weighted by atomic mass is 16.4. The number of rotatable bonds is 7. The van der Waals surface area contributed by atoms with Gasteiger partial charge in [0.1, 0.15) is 5.54 Å².